The van der Waals surface area contributed by atoms with Gasteiger partial charge < -0.3 is 20.0 Å². The number of aromatic amines is 1. The maximum absolute atomic E-state index is 13.9. The lowest BCUT2D eigenvalue weighted by Crippen LogP contribution is -2.51. The maximum atomic E-state index is 13.9. The normalized spacial score (nSPS) is 24.9. The molecule has 3 N–H and O–H groups in total. The molecule has 0 radical (unpaired) electrons. The molecule has 7 rings (SSSR count). The van der Waals surface area contributed by atoms with Crippen LogP contribution in [0.15, 0.2) is 30.7 Å². The molecular formula is C23H23FN6O2. The average molecular weight is 434 g/mol. The van der Waals surface area contributed by atoms with Crippen molar-refractivity contribution in [3.05, 3.63) is 36.5 Å². The van der Waals surface area contributed by atoms with Gasteiger partial charge in [-0.15, -0.1) is 0 Å². The molecule has 3 aliphatic carbocycles. The van der Waals surface area contributed by atoms with Gasteiger partial charge in [0.1, 0.15) is 17.0 Å². The van der Waals surface area contributed by atoms with E-state index < -0.39 is 17.7 Å². The molecule has 0 saturated heterocycles. The van der Waals surface area contributed by atoms with Gasteiger partial charge in [0.15, 0.2) is 11.6 Å². The standard InChI is InChI=1S/C23H23FN6O2/c1-30-7-6-16-19(30)22(28-18-12-4-2-11(3-5-12)17(18)23(31)32)29-21(27-16)15-10-26-20-14(15)8-13(24)9-25-20/h6-12,17-18H,2-5H2,1H3,(H,25,26)(H,31,32)(H,27,28,29). The van der Waals surface area contributed by atoms with E-state index in [9.17, 15) is 14.3 Å². The Bertz CT molecular complexity index is 1350. The Morgan fingerprint density at radius 2 is 2.03 bits per heavy atom. The lowest BCUT2D eigenvalue weighted by molar-refractivity contribution is -0.148. The molecule has 9 heteroatoms. The number of halogens is 1. The van der Waals surface area contributed by atoms with Gasteiger partial charge in [-0.1, -0.05) is 0 Å². The monoisotopic (exact) mass is 434 g/mol. The summed E-state index contributed by atoms with van der Waals surface area (Å²) in [4.78, 5) is 28.8. The third-order valence-electron chi connectivity index (χ3n) is 7.27. The fourth-order valence-corrected chi connectivity index (χ4v) is 5.75. The van der Waals surface area contributed by atoms with Gasteiger partial charge in [-0.2, -0.15) is 0 Å². The van der Waals surface area contributed by atoms with Gasteiger partial charge in [0, 0.05) is 36.4 Å². The molecule has 4 heterocycles. The van der Waals surface area contributed by atoms with E-state index >= 15 is 0 Å². The summed E-state index contributed by atoms with van der Waals surface area (Å²) in [5.74, 6) is -0.0445. The van der Waals surface area contributed by atoms with E-state index in [0.717, 1.165) is 36.7 Å². The molecule has 0 amide bonds. The third-order valence-corrected chi connectivity index (χ3v) is 7.27. The molecule has 0 spiro atoms. The lowest BCUT2D eigenvalue weighted by atomic mass is 9.61. The summed E-state index contributed by atoms with van der Waals surface area (Å²) in [5, 5.41) is 14.1. The van der Waals surface area contributed by atoms with Gasteiger partial charge in [-0.25, -0.2) is 19.3 Å². The summed E-state index contributed by atoms with van der Waals surface area (Å²) in [6, 6.07) is 3.14. The van der Waals surface area contributed by atoms with E-state index in [4.69, 9.17) is 9.97 Å². The van der Waals surface area contributed by atoms with E-state index in [0.29, 0.717) is 34.2 Å². The Morgan fingerprint density at radius 1 is 1.25 bits per heavy atom. The van der Waals surface area contributed by atoms with Crippen LogP contribution in [0.5, 0.6) is 0 Å². The van der Waals surface area contributed by atoms with Crippen LogP contribution in [0.25, 0.3) is 33.5 Å². The number of H-pyrrole nitrogens is 1. The quantitative estimate of drug-likeness (QED) is 0.449. The van der Waals surface area contributed by atoms with Gasteiger partial charge in [-0.3, -0.25) is 4.79 Å². The average Bonchev–Trinajstić information content (AvgIpc) is 3.37. The van der Waals surface area contributed by atoms with E-state index in [1.165, 1.54) is 12.3 Å². The number of carboxylic acids is 1. The second-order valence-electron chi connectivity index (χ2n) is 9.02. The smallest absolute Gasteiger partial charge is 0.308 e. The Hall–Kier alpha value is -3.49. The van der Waals surface area contributed by atoms with Crippen LogP contribution in [-0.2, 0) is 11.8 Å². The summed E-state index contributed by atoms with van der Waals surface area (Å²) in [6.45, 7) is 0. The number of hydrogen-bond donors (Lipinski definition) is 3. The van der Waals surface area contributed by atoms with Gasteiger partial charge in [0.05, 0.1) is 17.6 Å². The summed E-state index contributed by atoms with van der Waals surface area (Å²) < 4.78 is 15.8. The van der Waals surface area contributed by atoms with Gasteiger partial charge in [0.2, 0.25) is 0 Å². The van der Waals surface area contributed by atoms with Crippen LogP contribution in [0.3, 0.4) is 0 Å². The molecule has 0 aromatic carbocycles. The summed E-state index contributed by atoms with van der Waals surface area (Å²) in [6.07, 6.45) is 8.83. The predicted molar refractivity (Wildman–Crippen MR) is 118 cm³/mol. The molecule has 2 bridgehead atoms. The van der Waals surface area contributed by atoms with E-state index in [1.54, 1.807) is 6.20 Å². The van der Waals surface area contributed by atoms with Gasteiger partial charge in [0.25, 0.3) is 0 Å². The molecule has 8 nitrogen and oxygen atoms in total. The zero-order chi connectivity index (χ0) is 22.0. The third kappa shape index (κ3) is 2.87. The summed E-state index contributed by atoms with van der Waals surface area (Å²) in [7, 11) is 1.92. The number of nitrogens with zero attached hydrogens (tertiary/aromatic N) is 4. The number of aryl methyl sites for hydroxylation is 1. The zero-order valence-electron chi connectivity index (χ0n) is 17.5. The van der Waals surface area contributed by atoms with Crippen molar-refractivity contribution in [1.82, 2.24) is 24.5 Å². The number of fused-ring (bicyclic) bond motifs is 5. The minimum atomic E-state index is -0.743. The fourth-order valence-electron chi connectivity index (χ4n) is 5.75. The molecule has 32 heavy (non-hydrogen) atoms. The van der Waals surface area contributed by atoms with Crippen molar-refractivity contribution in [1.29, 1.82) is 0 Å². The topological polar surface area (TPSA) is 109 Å². The Kier molecular flexibility index (Phi) is 4.21. The number of nitrogens with one attached hydrogen (secondary N) is 2. The van der Waals surface area contributed by atoms with Crippen LogP contribution in [0.4, 0.5) is 10.2 Å². The number of carboxylic acid groups (broad SMARTS) is 1. The lowest BCUT2D eigenvalue weighted by Gasteiger charge is -2.47. The number of anilines is 1. The van der Waals surface area contributed by atoms with Gasteiger partial charge >= 0.3 is 5.97 Å². The molecule has 164 valence electrons. The first kappa shape index (κ1) is 19.2. The first-order valence-corrected chi connectivity index (χ1v) is 10.9. The highest BCUT2D eigenvalue weighted by Gasteiger charge is 2.47. The van der Waals surface area contributed by atoms with Crippen LogP contribution in [-0.4, -0.2) is 41.6 Å². The highest BCUT2D eigenvalue weighted by Crippen LogP contribution is 2.46. The van der Waals surface area contributed by atoms with E-state index in [1.807, 2.05) is 23.9 Å². The Morgan fingerprint density at radius 3 is 2.81 bits per heavy atom. The summed E-state index contributed by atoms with van der Waals surface area (Å²) in [5.41, 5.74) is 2.78. The Labute approximate surface area is 182 Å². The molecule has 4 aromatic heterocycles. The molecule has 0 aliphatic heterocycles. The number of aromatic nitrogens is 5. The fraction of sp³-hybridized carbons (Fsp3) is 0.391. The Balaban J connectivity index is 1.48. The number of pyridine rings is 1. The van der Waals surface area contributed by atoms with Crippen molar-refractivity contribution in [3.63, 3.8) is 0 Å². The number of hydrogen-bond acceptors (Lipinski definition) is 5. The van der Waals surface area contributed by atoms with Crippen LogP contribution in [0.2, 0.25) is 0 Å². The molecule has 2 atom stereocenters. The second-order valence-corrected chi connectivity index (χ2v) is 9.02. The molecule has 3 saturated carbocycles. The number of rotatable bonds is 4. The van der Waals surface area contributed by atoms with Crippen LogP contribution >= 0.6 is 0 Å². The first-order chi connectivity index (χ1) is 15.5. The zero-order valence-corrected chi connectivity index (χ0v) is 17.5. The molecule has 2 unspecified atom stereocenters. The predicted octanol–water partition coefficient (Wildman–Crippen LogP) is 3.95. The van der Waals surface area contributed by atoms with Crippen molar-refractivity contribution in [2.45, 2.75) is 31.7 Å². The number of aliphatic carboxylic acids is 1. The van der Waals surface area contributed by atoms with Crippen LogP contribution in [0, 0.1) is 23.6 Å². The SMILES string of the molecule is Cn1ccc2nc(-c3c[nH]c4ncc(F)cc34)nc(NC3C4CCC(CC4)C3C(=O)O)c21. The van der Waals surface area contributed by atoms with E-state index in [2.05, 4.69) is 15.3 Å². The minimum Gasteiger partial charge on any atom is -0.481 e. The number of carbonyl (C=O) groups is 1. The molecule has 4 aromatic rings. The highest BCUT2D eigenvalue weighted by molar-refractivity contribution is 5.95. The van der Waals surface area contributed by atoms with Crippen molar-refractivity contribution in [3.8, 4) is 11.4 Å². The van der Waals surface area contributed by atoms with Crippen molar-refractivity contribution >= 4 is 33.9 Å². The van der Waals surface area contributed by atoms with Crippen molar-refractivity contribution in [2.75, 3.05) is 5.32 Å². The second kappa shape index (κ2) is 7.01. The minimum absolute atomic E-state index is 0.178. The molecule has 3 aliphatic rings. The largest absolute Gasteiger partial charge is 0.481 e. The molecule has 3 fully saturated rings. The van der Waals surface area contributed by atoms with Crippen LogP contribution < -0.4 is 5.32 Å². The summed E-state index contributed by atoms with van der Waals surface area (Å²) >= 11 is 0. The van der Waals surface area contributed by atoms with Crippen molar-refractivity contribution < 1.29 is 14.3 Å². The van der Waals surface area contributed by atoms with Crippen molar-refractivity contribution in [2.24, 2.45) is 24.8 Å². The van der Waals surface area contributed by atoms with Gasteiger partial charge in [-0.05, 0) is 49.7 Å². The highest BCUT2D eigenvalue weighted by atomic mass is 19.1. The first-order valence-electron chi connectivity index (χ1n) is 10.9. The van der Waals surface area contributed by atoms with E-state index in [-0.39, 0.29) is 12.0 Å². The molecular weight excluding hydrogens is 411 g/mol. The maximum Gasteiger partial charge on any atom is 0.308 e. The van der Waals surface area contributed by atoms with Crippen LogP contribution in [0.1, 0.15) is 25.7 Å².